The fraction of sp³-hybridized carbons (Fsp3) is 0.667. The second-order valence-electron chi connectivity index (χ2n) is 5.82. The number of nitrogens with zero attached hydrogens (tertiary/aromatic N) is 1. The number of anilines is 2. The van der Waals surface area contributed by atoms with Gasteiger partial charge in [0.25, 0.3) is 0 Å². The highest BCUT2D eigenvalue weighted by Crippen LogP contribution is 2.34. The molecule has 4 heteroatoms. The third kappa shape index (κ3) is 3.60. The van der Waals surface area contributed by atoms with Crippen molar-refractivity contribution in [3.63, 3.8) is 0 Å². The lowest BCUT2D eigenvalue weighted by Gasteiger charge is -2.36. The van der Waals surface area contributed by atoms with E-state index in [1.807, 2.05) is 19.1 Å². The lowest BCUT2D eigenvalue weighted by molar-refractivity contribution is 0.00224. The van der Waals surface area contributed by atoms with Gasteiger partial charge in [-0.1, -0.05) is 13.3 Å². The number of nitrogen functional groups attached to an aromatic ring is 1. The van der Waals surface area contributed by atoms with Crippen LogP contribution in [0.1, 0.15) is 44.7 Å². The van der Waals surface area contributed by atoms with E-state index in [9.17, 15) is 5.11 Å². The first kappa shape index (κ1) is 14.1. The lowest BCUT2D eigenvalue weighted by atomic mass is 9.78. The van der Waals surface area contributed by atoms with Gasteiger partial charge < -0.3 is 16.2 Å². The zero-order valence-electron chi connectivity index (χ0n) is 11.9. The Kier molecular flexibility index (Phi) is 4.30. The zero-order chi connectivity index (χ0) is 13.9. The van der Waals surface area contributed by atoms with Crippen LogP contribution in [0.4, 0.5) is 11.5 Å². The highest BCUT2D eigenvalue weighted by molar-refractivity contribution is 5.61. The molecule has 0 bridgehead atoms. The van der Waals surface area contributed by atoms with Gasteiger partial charge >= 0.3 is 0 Å². The van der Waals surface area contributed by atoms with Crippen molar-refractivity contribution in [3.05, 3.63) is 17.8 Å². The first-order valence-corrected chi connectivity index (χ1v) is 7.22. The van der Waals surface area contributed by atoms with Gasteiger partial charge in [-0.15, -0.1) is 0 Å². The number of aryl methyl sites for hydroxylation is 1. The molecule has 0 unspecified atom stereocenters. The van der Waals surface area contributed by atoms with E-state index in [1.165, 1.54) is 6.42 Å². The summed E-state index contributed by atoms with van der Waals surface area (Å²) in [5, 5.41) is 13.8. The molecule has 0 aliphatic heterocycles. The number of pyridine rings is 1. The average Bonchev–Trinajstić information content (AvgIpc) is 2.41. The van der Waals surface area contributed by atoms with E-state index in [-0.39, 0.29) is 0 Å². The molecule has 1 saturated carbocycles. The van der Waals surface area contributed by atoms with Crippen molar-refractivity contribution in [1.82, 2.24) is 4.98 Å². The van der Waals surface area contributed by atoms with Crippen molar-refractivity contribution in [3.8, 4) is 0 Å². The summed E-state index contributed by atoms with van der Waals surface area (Å²) in [5.74, 6) is 1.47. The van der Waals surface area contributed by atoms with E-state index in [4.69, 9.17) is 5.73 Å². The molecule has 0 aromatic carbocycles. The SMILES string of the molecule is CCC1CCC(O)(CNc2nc(C)ccc2N)CC1. The molecule has 106 valence electrons. The molecule has 4 nitrogen and oxygen atoms in total. The number of aliphatic hydroxyl groups is 1. The van der Waals surface area contributed by atoms with Crippen molar-refractivity contribution >= 4 is 11.5 Å². The van der Waals surface area contributed by atoms with Crippen molar-refractivity contribution in [2.75, 3.05) is 17.6 Å². The van der Waals surface area contributed by atoms with Gasteiger partial charge in [-0.3, -0.25) is 0 Å². The first-order valence-electron chi connectivity index (χ1n) is 7.22. The Hall–Kier alpha value is -1.29. The van der Waals surface area contributed by atoms with Crippen LogP contribution in [0.3, 0.4) is 0 Å². The van der Waals surface area contributed by atoms with Gasteiger partial charge in [-0.05, 0) is 50.7 Å². The average molecular weight is 263 g/mol. The fourth-order valence-corrected chi connectivity index (χ4v) is 2.76. The molecule has 19 heavy (non-hydrogen) atoms. The number of aromatic nitrogens is 1. The fourth-order valence-electron chi connectivity index (χ4n) is 2.76. The van der Waals surface area contributed by atoms with Crippen LogP contribution in [-0.2, 0) is 0 Å². The Labute approximate surface area is 115 Å². The van der Waals surface area contributed by atoms with Gasteiger partial charge in [0, 0.05) is 12.2 Å². The van der Waals surface area contributed by atoms with Gasteiger partial charge in [0.1, 0.15) is 5.82 Å². The lowest BCUT2D eigenvalue weighted by Crippen LogP contribution is -2.40. The minimum Gasteiger partial charge on any atom is -0.396 e. The van der Waals surface area contributed by atoms with E-state index in [2.05, 4.69) is 17.2 Å². The Morgan fingerprint density at radius 2 is 2.11 bits per heavy atom. The van der Waals surface area contributed by atoms with Crippen LogP contribution in [0.15, 0.2) is 12.1 Å². The summed E-state index contributed by atoms with van der Waals surface area (Å²) in [6.45, 7) is 4.69. The summed E-state index contributed by atoms with van der Waals surface area (Å²) in [4.78, 5) is 4.37. The van der Waals surface area contributed by atoms with Crippen molar-refractivity contribution < 1.29 is 5.11 Å². The third-order valence-electron chi connectivity index (χ3n) is 4.26. The molecule has 2 rings (SSSR count). The number of rotatable bonds is 4. The maximum Gasteiger partial charge on any atom is 0.149 e. The van der Waals surface area contributed by atoms with Gasteiger partial charge in [-0.2, -0.15) is 0 Å². The van der Waals surface area contributed by atoms with Crippen molar-refractivity contribution in [2.24, 2.45) is 5.92 Å². The largest absolute Gasteiger partial charge is 0.396 e. The Morgan fingerprint density at radius 3 is 2.74 bits per heavy atom. The van der Waals surface area contributed by atoms with E-state index >= 15 is 0 Å². The molecule has 1 fully saturated rings. The first-order chi connectivity index (χ1) is 9.02. The molecule has 1 aromatic rings. The summed E-state index contributed by atoms with van der Waals surface area (Å²) in [7, 11) is 0. The Bertz CT molecular complexity index is 425. The Morgan fingerprint density at radius 1 is 1.42 bits per heavy atom. The van der Waals surface area contributed by atoms with Gasteiger partial charge in [0.05, 0.1) is 11.3 Å². The minimum absolute atomic E-state index is 0.532. The maximum absolute atomic E-state index is 10.6. The highest BCUT2D eigenvalue weighted by Gasteiger charge is 2.32. The molecule has 1 aromatic heterocycles. The van der Waals surface area contributed by atoms with Gasteiger partial charge in [0.2, 0.25) is 0 Å². The zero-order valence-corrected chi connectivity index (χ0v) is 11.9. The molecule has 4 N–H and O–H groups in total. The summed E-state index contributed by atoms with van der Waals surface area (Å²) >= 11 is 0. The summed E-state index contributed by atoms with van der Waals surface area (Å²) in [6.07, 6.45) is 5.18. The highest BCUT2D eigenvalue weighted by atomic mass is 16.3. The maximum atomic E-state index is 10.6. The molecule has 0 atom stereocenters. The normalized spacial score (nSPS) is 27.2. The molecule has 0 radical (unpaired) electrons. The van der Waals surface area contributed by atoms with Crippen LogP contribution in [0, 0.1) is 12.8 Å². The molecule has 1 aliphatic rings. The number of nitrogens with two attached hydrogens (primary N) is 1. The van der Waals surface area contributed by atoms with Crippen molar-refractivity contribution in [1.29, 1.82) is 0 Å². The van der Waals surface area contributed by atoms with E-state index in [1.54, 1.807) is 0 Å². The monoisotopic (exact) mass is 263 g/mol. The summed E-state index contributed by atoms with van der Waals surface area (Å²) in [6, 6.07) is 3.74. The van der Waals surface area contributed by atoms with Gasteiger partial charge in [-0.25, -0.2) is 4.98 Å². The molecule has 0 spiro atoms. The third-order valence-corrected chi connectivity index (χ3v) is 4.26. The second-order valence-corrected chi connectivity index (χ2v) is 5.82. The number of hydrogen-bond donors (Lipinski definition) is 3. The molecule has 1 aliphatic carbocycles. The molecule has 1 heterocycles. The molecule has 0 amide bonds. The molecular weight excluding hydrogens is 238 g/mol. The Balaban J connectivity index is 1.93. The molecule has 0 saturated heterocycles. The quantitative estimate of drug-likeness (QED) is 0.781. The van der Waals surface area contributed by atoms with Crippen LogP contribution in [-0.4, -0.2) is 22.2 Å². The smallest absolute Gasteiger partial charge is 0.149 e. The predicted molar refractivity (Wildman–Crippen MR) is 79.1 cm³/mol. The van der Waals surface area contributed by atoms with E-state index in [0.717, 1.165) is 37.3 Å². The van der Waals surface area contributed by atoms with Crippen LogP contribution in [0.2, 0.25) is 0 Å². The topological polar surface area (TPSA) is 71.2 Å². The van der Waals surface area contributed by atoms with Crippen molar-refractivity contribution in [2.45, 2.75) is 51.6 Å². The second kappa shape index (κ2) is 5.78. The standard InChI is InChI=1S/C15H25N3O/c1-3-12-6-8-15(19,9-7-12)10-17-14-13(16)5-4-11(2)18-14/h4-5,12,19H,3,6-10,16H2,1-2H3,(H,17,18). The minimum atomic E-state index is -0.608. The van der Waals surface area contributed by atoms with E-state index < -0.39 is 5.60 Å². The number of nitrogens with one attached hydrogen (secondary N) is 1. The van der Waals surface area contributed by atoms with Crippen LogP contribution >= 0.6 is 0 Å². The van der Waals surface area contributed by atoms with Crippen LogP contribution < -0.4 is 11.1 Å². The van der Waals surface area contributed by atoms with Crippen LogP contribution in [0.25, 0.3) is 0 Å². The predicted octanol–water partition coefficient (Wildman–Crippen LogP) is 2.72. The molecular formula is C15H25N3O. The summed E-state index contributed by atoms with van der Waals surface area (Å²) < 4.78 is 0. The van der Waals surface area contributed by atoms with Gasteiger partial charge in [0.15, 0.2) is 0 Å². The number of hydrogen-bond acceptors (Lipinski definition) is 4. The van der Waals surface area contributed by atoms with Crippen LogP contribution in [0.5, 0.6) is 0 Å². The van der Waals surface area contributed by atoms with E-state index in [0.29, 0.717) is 18.1 Å². The summed E-state index contributed by atoms with van der Waals surface area (Å²) in [5.41, 5.74) is 6.84.